The van der Waals surface area contributed by atoms with Crippen molar-refractivity contribution in [1.82, 2.24) is 15.5 Å². The smallest absolute Gasteiger partial charge is 0.408 e. The second-order valence-electron chi connectivity index (χ2n) is 11.1. The maximum absolute atomic E-state index is 13.5. The molecule has 2 unspecified atom stereocenters. The number of aliphatic hydroxyl groups is 1. The number of alkyl carbamates (subject to hydrolysis) is 1. The standard InChI is InChI=1S/C24H39N3O7/c1-9-14-12-24(14,20(31)33-10-2)26-18(29)16-11-15(28)13-27(16)19(30)17(22(3,4)5)25-21(32)34-23(6,7)8/h9,14-17,28H,1,10-13H2,2-8H3,(H,25,32)(H,26,29)/t14?,15-,16+,17-,24?/m1/s1. The lowest BCUT2D eigenvalue weighted by atomic mass is 9.85. The number of nitrogens with zero attached hydrogens (tertiary/aromatic N) is 1. The van der Waals surface area contributed by atoms with E-state index in [1.54, 1.807) is 54.5 Å². The number of rotatable bonds is 7. The molecule has 1 aliphatic carbocycles. The second kappa shape index (κ2) is 9.93. The number of carbonyl (C=O) groups excluding carboxylic acids is 4. The molecule has 0 radical (unpaired) electrons. The van der Waals surface area contributed by atoms with Gasteiger partial charge >= 0.3 is 12.1 Å². The number of hydrogen-bond donors (Lipinski definition) is 3. The van der Waals surface area contributed by atoms with Gasteiger partial charge < -0.3 is 30.1 Å². The van der Waals surface area contributed by atoms with Crippen molar-refractivity contribution in [3.8, 4) is 0 Å². The van der Waals surface area contributed by atoms with Crippen LogP contribution in [0.5, 0.6) is 0 Å². The second-order valence-corrected chi connectivity index (χ2v) is 11.1. The Bertz CT molecular complexity index is 829. The molecular weight excluding hydrogens is 442 g/mol. The molecule has 1 aliphatic heterocycles. The topological polar surface area (TPSA) is 134 Å². The van der Waals surface area contributed by atoms with Gasteiger partial charge in [0.15, 0.2) is 0 Å². The van der Waals surface area contributed by atoms with Crippen LogP contribution in [0.2, 0.25) is 0 Å². The van der Waals surface area contributed by atoms with E-state index in [0.717, 1.165) is 0 Å². The highest BCUT2D eigenvalue weighted by Crippen LogP contribution is 2.45. The molecular formula is C24H39N3O7. The van der Waals surface area contributed by atoms with Crippen LogP contribution in [0, 0.1) is 11.3 Å². The van der Waals surface area contributed by atoms with E-state index in [2.05, 4.69) is 17.2 Å². The average Bonchev–Trinajstić information content (AvgIpc) is 3.26. The fourth-order valence-electron chi connectivity index (χ4n) is 4.11. The molecule has 1 saturated heterocycles. The summed E-state index contributed by atoms with van der Waals surface area (Å²) in [6, 6.07) is -2.02. The first-order chi connectivity index (χ1) is 15.6. The van der Waals surface area contributed by atoms with Gasteiger partial charge in [0.25, 0.3) is 0 Å². The monoisotopic (exact) mass is 481 g/mol. The van der Waals surface area contributed by atoms with Crippen LogP contribution in [0.1, 0.15) is 61.3 Å². The molecule has 1 saturated carbocycles. The van der Waals surface area contributed by atoms with Gasteiger partial charge in [0.05, 0.1) is 12.7 Å². The molecule has 2 aliphatic rings. The molecule has 3 N–H and O–H groups in total. The van der Waals surface area contributed by atoms with Gasteiger partial charge in [0.2, 0.25) is 11.8 Å². The number of nitrogens with one attached hydrogen (secondary N) is 2. The zero-order chi connectivity index (χ0) is 26.1. The average molecular weight is 482 g/mol. The summed E-state index contributed by atoms with van der Waals surface area (Å²) in [5, 5.41) is 15.7. The SMILES string of the molecule is C=CC1CC1(NC(=O)[C@@H]1C[C@@H](O)CN1C(=O)[C@@H](NC(=O)OC(C)(C)C)C(C)(C)C)C(=O)OCC. The Morgan fingerprint density at radius 3 is 2.29 bits per heavy atom. The van der Waals surface area contributed by atoms with E-state index in [1.165, 1.54) is 4.90 Å². The molecule has 0 aromatic rings. The van der Waals surface area contributed by atoms with Crippen LogP contribution in [0.15, 0.2) is 12.7 Å². The first kappa shape index (κ1) is 27.6. The van der Waals surface area contributed by atoms with Crippen LogP contribution in [0.4, 0.5) is 4.79 Å². The van der Waals surface area contributed by atoms with E-state index >= 15 is 0 Å². The highest BCUT2D eigenvalue weighted by molar-refractivity contribution is 5.96. The van der Waals surface area contributed by atoms with Crippen LogP contribution in [-0.2, 0) is 23.9 Å². The largest absolute Gasteiger partial charge is 0.464 e. The number of carbonyl (C=O) groups is 4. The van der Waals surface area contributed by atoms with Crippen LogP contribution < -0.4 is 10.6 Å². The Hall–Kier alpha value is -2.62. The Morgan fingerprint density at radius 1 is 1.21 bits per heavy atom. The minimum Gasteiger partial charge on any atom is -0.464 e. The quantitative estimate of drug-likeness (QED) is 0.371. The molecule has 0 aromatic carbocycles. The zero-order valence-electron chi connectivity index (χ0n) is 21.3. The predicted molar refractivity (Wildman–Crippen MR) is 125 cm³/mol. The van der Waals surface area contributed by atoms with E-state index in [0.29, 0.717) is 6.42 Å². The van der Waals surface area contributed by atoms with Gasteiger partial charge in [-0.05, 0) is 39.5 Å². The highest BCUT2D eigenvalue weighted by Gasteiger charge is 2.62. The van der Waals surface area contributed by atoms with Crippen molar-refractivity contribution in [3.63, 3.8) is 0 Å². The van der Waals surface area contributed by atoms with E-state index in [-0.39, 0.29) is 25.5 Å². The molecule has 0 spiro atoms. The fourth-order valence-corrected chi connectivity index (χ4v) is 4.11. The Kier molecular flexibility index (Phi) is 8.07. The summed E-state index contributed by atoms with van der Waals surface area (Å²) < 4.78 is 10.4. The van der Waals surface area contributed by atoms with Crippen molar-refractivity contribution in [2.24, 2.45) is 11.3 Å². The summed E-state index contributed by atoms with van der Waals surface area (Å²) in [6.07, 6.45) is 0.280. The summed E-state index contributed by atoms with van der Waals surface area (Å²) in [5.41, 5.74) is -2.68. The Balaban J connectivity index is 2.24. The molecule has 192 valence electrons. The minimum absolute atomic E-state index is 0.0124. The maximum Gasteiger partial charge on any atom is 0.408 e. The van der Waals surface area contributed by atoms with Gasteiger partial charge in [-0.15, -0.1) is 6.58 Å². The molecule has 0 aromatic heterocycles. The van der Waals surface area contributed by atoms with Crippen molar-refractivity contribution < 1.29 is 33.8 Å². The molecule has 34 heavy (non-hydrogen) atoms. The van der Waals surface area contributed by atoms with Crippen LogP contribution in [0.25, 0.3) is 0 Å². The normalized spacial score (nSPS) is 27.4. The third-order valence-electron chi connectivity index (χ3n) is 5.92. The molecule has 3 amide bonds. The summed E-state index contributed by atoms with van der Waals surface area (Å²) in [7, 11) is 0. The molecule has 1 heterocycles. The zero-order valence-corrected chi connectivity index (χ0v) is 21.3. The third kappa shape index (κ3) is 6.28. The number of β-amino-alcohol motifs (C(OH)–C–C–N with tert-alkyl or cyclic N) is 1. The van der Waals surface area contributed by atoms with Crippen molar-refractivity contribution in [3.05, 3.63) is 12.7 Å². The lowest BCUT2D eigenvalue weighted by Gasteiger charge is -2.36. The van der Waals surface area contributed by atoms with E-state index in [1.807, 2.05) is 0 Å². The van der Waals surface area contributed by atoms with E-state index < -0.39 is 58.6 Å². The van der Waals surface area contributed by atoms with E-state index in [4.69, 9.17) is 9.47 Å². The minimum atomic E-state index is -1.21. The van der Waals surface area contributed by atoms with Crippen molar-refractivity contribution in [2.45, 2.75) is 90.6 Å². The number of likely N-dealkylation sites (tertiary alicyclic amines) is 1. The molecule has 5 atom stereocenters. The number of amides is 3. The number of aliphatic hydroxyl groups excluding tert-OH is 1. The summed E-state index contributed by atoms with van der Waals surface area (Å²) in [5.74, 6) is -1.91. The summed E-state index contributed by atoms with van der Waals surface area (Å²) >= 11 is 0. The summed E-state index contributed by atoms with van der Waals surface area (Å²) in [6.45, 7) is 16.0. The molecule has 0 bridgehead atoms. The molecule has 2 fully saturated rings. The van der Waals surface area contributed by atoms with Crippen LogP contribution in [-0.4, -0.2) is 76.4 Å². The highest BCUT2D eigenvalue weighted by atomic mass is 16.6. The van der Waals surface area contributed by atoms with Gasteiger partial charge in [0.1, 0.15) is 23.2 Å². The predicted octanol–water partition coefficient (Wildman–Crippen LogP) is 1.51. The van der Waals surface area contributed by atoms with Crippen LogP contribution in [0.3, 0.4) is 0 Å². The number of hydrogen-bond acceptors (Lipinski definition) is 7. The van der Waals surface area contributed by atoms with Gasteiger partial charge in [-0.3, -0.25) is 9.59 Å². The first-order valence-corrected chi connectivity index (χ1v) is 11.7. The van der Waals surface area contributed by atoms with Crippen molar-refractivity contribution >= 4 is 23.9 Å². The molecule has 10 heteroatoms. The van der Waals surface area contributed by atoms with E-state index in [9.17, 15) is 24.3 Å². The lowest BCUT2D eigenvalue weighted by molar-refractivity contribution is -0.150. The number of ether oxygens (including phenoxy) is 2. The van der Waals surface area contributed by atoms with Gasteiger partial charge in [-0.25, -0.2) is 9.59 Å². The summed E-state index contributed by atoms with van der Waals surface area (Å²) in [4.78, 5) is 53.0. The Morgan fingerprint density at radius 2 is 1.82 bits per heavy atom. The number of esters is 1. The van der Waals surface area contributed by atoms with Crippen LogP contribution >= 0.6 is 0 Å². The molecule has 10 nitrogen and oxygen atoms in total. The Labute approximate surface area is 201 Å². The third-order valence-corrected chi connectivity index (χ3v) is 5.92. The fraction of sp³-hybridized carbons (Fsp3) is 0.750. The van der Waals surface area contributed by atoms with Crippen molar-refractivity contribution in [1.29, 1.82) is 0 Å². The van der Waals surface area contributed by atoms with Gasteiger partial charge in [0, 0.05) is 18.9 Å². The molecule has 2 rings (SSSR count). The van der Waals surface area contributed by atoms with Crippen molar-refractivity contribution in [2.75, 3.05) is 13.2 Å². The van der Waals surface area contributed by atoms with Gasteiger partial charge in [-0.1, -0.05) is 26.8 Å². The van der Waals surface area contributed by atoms with Gasteiger partial charge in [-0.2, -0.15) is 0 Å². The first-order valence-electron chi connectivity index (χ1n) is 11.7. The maximum atomic E-state index is 13.5. The lowest BCUT2D eigenvalue weighted by Crippen LogP contribution is -2.59.